The van der Waals surface area contributed by atoms with Gasteiger partial charge in [-0.2, -0.15) is 10.2 Å². The number of aromatic amines is 1. The van der Waals surface area contributed by atoms with Crippen LogP contribution in [0.1, 0.15) is 36.3 Å². The van der Waals surface area contributed by atoms with Crippen molar-refractivity contribution in [2.75, 3.05) is 6.54 Å². The lowest BCUT2D eigenvalue weighted by Gasteiger charge is -2.17. The second-order valence-electron chi connectivity index (χ2n) is 5.11. The van der Waals surface area contributed by atoms with Gasteiger partial charge in [-0.25, -0.2) is 4.98 Å². The average molecular weight is 260 g/mol. The Balaban J connectivity index is 1.72. The minimum atomic E-state index is 0.835. The summed E-state index contributed by atoms with van der Waals surface area (Å²) < 4.78 is 2.00. The predicted octanol–water partition coefficient (Wildman–Crippen LogP) is 1.05. The Labute approximate surface area is 112 Å². The molecular weight excluding hydrogens is 240 g/mol. The number of nitrogens with zero attached hydrogens (tertiary/aromatic N) is 5. The Kier molecular flexibility index (Phi) is 3.33. The summed E-state index contributed by atoms with van der Waals surface area (Å²) in [4.78, 5) is 6.90. The monoisotopic (exact) mass is 260 g/mol. The number of hydrogen-bond donors (Lipinski definition) is 1. The Morgan fingerprint density at radius 3 is 3.11 bits per heavy atom. The molecule has 0 atom stereocenters. The highest BCUT2D eigenvalue weighted by molar-refractivity contribution is 5.19. The van der Waals surface area contributed by atoms with E-state index in [2.05, 4.69) is 32.1 Å². The third kappa shape index (κ3) is 2.53. The molecule has 0 radical (unpaired) electrons. The molecule has 0 fully saturated rings. The lowest BCUT2D eigenvalue weighted by Crippen LogP contribution is -2.23. The molecule has 2 aromatic rings. The first-order valence-electron chi connectivity index (χ1n) is 6.88. The van der Waals surface area contributed by atoms with Gasteiger partial charge in [-0.1, -0.05) is 6.92 Å². The molecule has 1 aliphatic rings. The molecule has 0 saturated heterocycles. The van der Waals surface area contributed by atoms with E-state index in [0.29, 0.717) is 0 Å². The highest BCUT2D eigenvalue weighted by Crippen LogP contribution is 2.18. The second kappa shape index (κ2) is 5.13. The van der Waals surface area contributed by atoms with Crippen LogP contribution in [-0.2, 0) is 33.0 Å². The van der Waals surface area contributed by atoms with Crippen LogP contribution in [0.4, 0.5) is 0 Å². The smallest absolute Gasteiger partial charge is 0.150 e. The fourth-order valence-electron chi connectivity index (χ4n) is 2.66. The van der Waals surface area contributed by atoms with Gasteiger partial charge in [-0.15, -0.1) is 0 Å². The van der Waals surface area contributed by atoms with E-state index in [1.165, 1.54) is 17.7 Å². The lowest BCUT2D eigenvalue weighted by molar-refractivity contribution is 0.254. The Morgan fingerprint density at radius 1 is 1.42 bits per heavy atom. The molecule has 3 rings (SSSR count). The van der Waals surface area contributed by atoms with Crippen molar-refractivity contribution in [3.05, 3.63) is 29.1 Å². The maximum absolute atomic E-state index is 4.49. The van der Waals surface area contributed by atoms with Gasteiger partial charge in [0.05, 0.1) is 12.7 Å². The molecular formula is C13H20N6. The van der Waals surface area contributed by atoms with Crippen molar-refractivity contribution in [3.8, 4) is 0 Å². The molecule has 0 aliphatic carbocycles. The number of aromatic nitrogens is 5. The van der Waals surface area contributed by atoms with Crippen molar-refractivity contribution in [1.29, 1.82) is 0 Å². The summed E-state index contributed by atoms with van der Waals surface area (Å²) in [6.07, 6.45) is 5.15. The molecule has 19 heavy (non-hydrogen) atoms. The van der Waals surface area contributed by atoms with E-state index >= 15 is 0 Å². The van der Waals surface area contributed by atoms with Crippen LogP contribution in [0, 0.1) is 0 Å². The molecule has 0 spiro atoms. The topological polar surface area (TPSA) is 62.6 Å². The highest BCUT2D eigenvalue weighted by Gasteiger charge is 2.18. The van der Waals surface area contributed by atoms with Crippen LogP contribution >= 0.6 is 0 Å². The molecule has 0 aromatic carbocycles. The maximum atomic E-state index is 4.49. The Bertz CT molecular complexity index is 555. The summed E-state index contributed by atoms with van der Waals surface area (Å²) in [6, 6.07) is 0. The van der Waals surface area contributed by atoms with E-state index in [1.54, 1.807) is 0 Å². The predicted molar refractivity (Wildman–Crippen MR) is 71.4 cm³/mol. The van der Waals surface area contributed by atoms with Gasteiger partial charge in [0.25, 0.3) is 0 Å². The largest absolute Gasteiger partial charge is 0.292 e. The molecule has 0 saturated carbocycles. The standard InChI is InChI=1S/C13H20N6/c1-3-12-15-13(17-16-12)9-19-6-4-5-11-10(8-19)7-14-18(11)2/h7H,3-6,8-9H2,1-2H3,(H,15,16,17). The van der Waals surface area contributed by atoms with Crippen LogP contribution in [0.15, 0.2) is 6.20 Å². The van der Waals surface area contributed by atoms with Crippen molar-refractivity contribution in [3.63, 3.8) is 0 Å². The first-order valence-corrected chi connectivity index (χ1v) is 6.88. The van der Waals surface area contributed by atoms with Crippen molar-refractivity contribution in [1.82, 2.24) is 29.9 Å². The van der Waals surface area contributed by atoms with E-state index in [0.717, 1.165) is 44.1 Å². The molecule has 6 heteroatoms. The maximum Gasteiger partial charge on any atom is 0.150 e. The number of hydrogen-bond acceptors (Lipinski definition) is 4. The molecule has 0 bridgehead atoms. The van der Waals surface area contributed by atoms with Crippen molar-refractivity contribution >= 4 is 0 Å². The Hall–Kier alpha value is -1.69. The van der Waals surface area contributed by atoms with E-state index in [4.69, 9.17) is 0 Å². The first-order chi connectivity index (χ1) is 9.26. The average Bonchev–Trinajstić information content (AvgIpc) is 2.92. The van der Waals surface area contributed by atoms with E-state index < -0.39 is 0 Å². The van der Waals surface area contributed by atoms with Gasteiger partial charge >= 0.3 is 0 Å². The molecule has 3 heterocycles. The van der Waals surface area contributed by atoms with Gasteiger partial charge in [0.2, 0.25) is 0 Å². The van der Waals surface area contributed by atoms with Crippen LogP contribution in [0.3, 0.4) is 0 Å². The second-order valence-corrected chi connectivity index (χ2v) is 5.11. The third-order valence-corrected chi connectivity index (χ3v) is 3.70. The highest BCUT2D eigenvalue weighted by atomic mass is 15.3. The number of aryl methyl sites for hydroxylation is 2. The van der Waals surface area contributed by atoms with Crippen molar-refractivity contribution < 1.29 is 0 Å². The quantitative estimate of drug-likeness (QED) is 0.896. The van der Waals surface area contributed by atoms with Gasteiger partial charge < -0.3 is 0 Å². The zero-order chi connectivity index (χ0) is 13.2. The molecule has 1 N–H and O–H groups in total. The number of rotatable bonds is 3. The zero-order valence-corrected chi connectivity index (χ0v) is 11.6. The van der Waals surface area contributed by atoms with E-state index in [1.807, 2.05) is 17.9 Å². The summed E-state index contributed by atoms with van der Waals surface area (Å²) in [5, 5.41) is 11.6. The SMILES string of the molecule is CCc1n[nH]c(CN2CCCc3c(cnn3C)C2)n1. The van der Waals surface area contributed by atoms with Gasteiger partial charge in [0.15, 0.2) is 0 Å². The fourth-order valence-corrected chi connectivity index (χ4v) is 2.66. The minimum absolute atomic E-state index is 0.835. The van der Waals surface area contributed by atoms with Crippen LogP contribution in [0.5, 0.6) is 0 Å². The Morgan fingerprint density at radius 2 is 2.32 bits per heavy atom. The van der Waals surface area contributed by atoms with Crippen LogP contribution in [0.25, 0.3) is 0 Å². The minimum Gasteiger partial charge on any atom is -0.292 e. The number of H-pyrrole nitrogens is 1. The van der Waals surface area contributed by atoms with Gasteiger partial charge in [0.1, 0.15) is 11.6 Å². The first kappa shape index (κ1) is 12.3. The van der Waals surface area contributed by atoms with Crippen LogP contribution in [-0.4, -0.2) is 36.4 Å². The van der Waals surface area contributed by atoms with Crippen molar-refractivity contribution in [2.45, 2.75) is 39.3 Å². The summed E-state index contributed by atoms with van der Waals surface area (Å²) in [5.41, 5.74) is 2.71. The molecule has 2 aromatic heterocycles. The molecule has 102 valence electrons. The van der Waals surface area contributed by atoms with E-state index in [9.17, 15) is 0 Å². The lowest BCUT2D eigenvalue weighted by atomic mass is 10.2. The molecule has 0 unspecified atom stereocenters. The summed E-state index contributed by atoms with van der Waals surface area (Å²) in [7, 11) is 2.03. The summed E-state index contributed by atoms with van der Waals surface area (Å²) in [5.74, 6) is 1.86. The van der Waals surface area contributed by atoms with Crippen LogP contribution < -0.4 is 0 Å². The third-order valence-electron chi connectivity index (χ3n) is 3.70. The van der Waals surface area contributed by atoms with E-state index in [-0.39, 0.29) is 0 Å². The number of nitrogens with one attached hydrogen (secondary N) is 1. The van der Waals surface area contributed by atoms with Crippen LogP contribution in [0.2, 0.25) is 0 Å². The molecule has 0 amide bonds. The van der Waals surface area contributed by atoms with Gasteiger partial charge in [-0.3, -0.25) is 14.7 Å². The number of fused-ring (bicyclic) bond motifs is 1. The normalized spacial score (nSPS) is 16.3. The van der Waals surface area contributed by atoms with Gasteiger partial charge in [-0.05, 0) is 19.4 Å². The summed E-state index contributed by atoms with van der Waals surface area (Å²) >= 11 is 0. The summed E-state index contributed by atoms with van der Waals surface area (Å²) in [6.45, 7) is 4.95. The molecule has 1 aliphatic heterocycles. The molecule has 6 nitrogen and oxygen atoms in total. The zero-order valence-electron chi connectivity index (χ0n) is 11.6. The van der Waals surface area contributed by atoms with Gasteiger partial charge in [0, 0.05) is 31.3 Å². The van der Waals surface area contributed by atoms with Crippen molar-refractivity contribution in [2.24, 2.45) is 7.05 Å². The fraction of sp³-hybridized carbons (Fsp3) is 0.615.